The van der Waals surface area contributed by atoms with E-state index < -0.39 is 0 Å². The van der Waals surface area contributed by atoms with E-state index in [0.717, 1.165) is 0 Å². The number of nitrogens with one attached hydrogen (secondary N) is 1. The quantitative estimate of drug-likeness (QED) is 0.563. The molecule has 4 heteroatoms. The third-order valence-corrected chi connectivity index (χ3v) is 0.697. The number of carbonyl (C=O) groups excluding carboxylic acids is 1. The van der Waals surface area contributed by atoms with Gasteiger partial charge in [0.15, 0.2) is 0 Å². The lowest BCUT2D eigenvalue weighted by atomic mass is 10.7. The number of rotatable bonds is 2. The molecule has 0 spiro atoms. The summed E-state index contributed by atoms with van der Waals surface area (Å²) in [6, 6.07) is 0. The summed E-state index contributed by atoms with van der Waals surface area (Å²) in [5.41, 5.74) is 0. The maximum absolute atomic E-state index is 9.97. The zero-order chi connectivity index (χ0) is 6.99. The fraction of sp³-hybridized carbons (Fsp3) is 0.750. The first-order chi connectivity index (χ1) is 3.77. The van der Waals surface area contributed by atoms with Gasteiger partial charge in [-0.1, -0.05) is 0 Å². The van der Waals surface area contributed by atoms with E-state index in [0.29, 0.717) is 13.7 Å². The van der Waals surface area contributed by atoms with Crippen molar-refractivity contribution in [1.82, 2.24) is 5.32 Å². The van der Waals surface area contributed by atoms with Gasteiger partial charge in [0.2, 0.25) is 3.79 Å². The Hall–Kier alpha value is 0.290. The van der Waals surface area contributed by atoms with Crippen LogP contribution < -0.4 is 5.32 Å². The van der Waals surface area contributed by atoms with Gasteiger partial charge in [-0.3, -0.25) is 9.18 Å². The molecule has 2 nitrogen and oxygen atoms in total. The van der Waals surface area contributed by atoms with Crippen molar-refractivity contribution >= 4 is 26.4 Å². The second-order valence-electron chi connectivity index (χ2n) is 0.885. The van der Waals surface area contributed by atoms with Crippen molar-refractivity contribution in [3.05, 3.63) is 0 Å². The standard InChI is InChI=1S/C3H6INO.CH3F/c1-5-2-3(4)6;1-2/h5H,2H2,1H3;1H3. The van der Waals surface area contributed by atoms with Crippen LogP contribution in [0.3, 0.4) is 0 Å². The van der Waals surface area contributed by atoms with Crippen LogP contribution in [0.25, 0.3) is 0 Å². The van der Waals surface area contributed by atoms with E-state index in [1.54, 1.807) is 29.6 Å². The predicted octanol–water partition coefficient (Wildman–Crippen LogP) is 0.753. The van der Waals surface area contributed by atoms with E-state index in [9.17, 15) is 9.18 Å². The Morgan fingerprint density at radius 2 is 2.12 bits per heavy atom. The summed E-state index contributed by atoms with van der Waals surface area (Å²) in [5.74, 6) is 0. The van der Waals surface area contributed by atoms with Gasteiger partial charge in [0, 0.05) is 22.6 Å². The lowest BCUT2D eigenvalue weighted by Crippen LogP contribution is -2.12. The van der Waals surface area contributed by atoms with Crippen LogP contribution in [0.5, 0.6) is 0 Å². The second kappa shape index (κ2) is 10.3. The molecular formula is C4H9FINO. The van der Waals surface area contributed by atoms with E-state index >= 15 is 0 Å². The number of likely N-dealkylation sites (N-methyl/N-ethyl adjacent to an activating group) is 1. The van der Waals surface area contributed by atoms with Crippen LogP contribution in [0.15, 0.2) is 0 Å². The van der Waals surface area contributed by atoms with Crippen molar-refractivity contribution < 1.29 is 9.18 Å². The van der Waals surface area contributed by atoms with E-state index in [2.05, 4.69) is 5.32 Å². The average Bonchev–Trinajstić information content (AvgIpc) is 1.72. The third-order valence-electron chi connectivity index (χ3n) is 0.316. The molecule has 0 aromatic rings. The number of hydrogen-bond donors (Lipinski definition) is 1. The minimum absolute atomic E-state index is 0.148. The van der Waals surface area contributed by atoms with Gasteiger partial charge in [-0.25, -0.2) is 0 Å². The fourth-order valence-electron chi connectivity index (χ4n) is 0.139. The lowest BCUT2D eigenvalue weighted by Gasteiger charge is -1.83. The third kappa shape index (κ3) is 16.3. The minimum atomic E-state index is 0.148. The summed E-state index contributed by atoms with van der Waals surface area (Å²) in [7, 11) is 2.25. The lowest BCUT2D eigenvalue weighted by molar-refractivity contribution is -0.108. The molecule has 0 radical (unpaired) electrons. The molecule has 0 rings (SSSR count). The smallest absolute Gasteiger partial charge is 0.206 e. The van der Waals surface area contributed by atoms with Gasteiger partial charge in [-0.15, -0.1) is 0 Å². The molecule has 0 atom stereocenters. The molecule has 0 saturated carbocycles. The highest BCUT2D eigenvalue weighted by molar-refractivity contribution is 14.1. The minimum Gasteiger partial charge on any atom is -0.312 e. The molecule has 0 unspecified atom stereocenters. The second-order valence-corrected chi connectivity index (χ2v) is 2.09. The first kappa shape index (κ1) is 11.1. The molecule has 0 bridgehead atoms. The number of alkyl halides is 1. The Bertz CT molecular complexity index is 60.0. The zero-order valence-electron chi connectivity index (χ0n) is 4.87. The molecular weight excluding hydrogens is 224 g/mol. The van der Waals surface area contributed by atoms with E-state index in [-0.39, 0.29) is 3.79 Å². The summed E-state index contributed by atoms with van der Waals surface area (Å²) in [6.07, 6.45) is 0. The zero-order valence-corrected chi connectivity index (χ0v) is 7.03. The summed E-state index contributed by atoms with van der Waals surface area (Å²) >= 11 is 1.74. The van der Waals surface area contributed by atoms with Crippen molar-refractivity contribution in [3.8, 4) is 0 Å². The summed E-state index contributed by atoms with van der Waals surface area (Å²) in [6.45, 7) is 0.473. The Kier molecular flexibility index (Phi) is 14.3. The van der Waals surface area contributed by atoms with Crippen LogP contribution in [-0.2, 0) is 4.79 Å². The predicted molar refractivity (Wildman–Crippen MR) is 40.0 cm³/mol. The summed E-state index contributed by atoms with van der Waals surface area (Å²) in [4.78, 5) is 9.97. The van der Waals surface area contributed by atoms with Gasteiger partial charge in [-0.05, 0) is 7.05 Å². The molecule has 0 heterocycles. The van der Waals surface area contributed by atoms with Crippen LogP contribution in [0.4, 0.5) is 4.39 Å². The number of carbonyl (C=O) groups is 1. The van der Waals surface area contributed by atoms with Crippen molar-refractivity contribution in [3.63, 3.8) is 0 Å². The Morgan fingerprint density at radius 3 is 2.12 bits per heavy atom. The van der Waals surface area contributed by atoms with Crippen LogP contribution in [0.2, 0.25) is 0 Å². The Labute approximate surface area is 62.0 Å². The maximum Gasteiger partial charge on any atom is 0.206 e. The van der Waals surface area contributed by atoms with Crippen LogP contribution in [0.1, 0.15) is 0 Å². The van der Waals surface area contributed by atoms with Crippen molar-refractivity contribution in [1.29, 1.82) is 0 Å². The highest BCUT2D eigenvalue weighted by Gasteiger charge is 1.85. The molecule has 8 heavy (non-hydrogen) atoms. The van der Waals surface area contributed by atoms with Crippen molar-refractivity contribution in [2.75, 3.05) is 20.8 Å². The molecule has 0 amide bonds. The monoisotopic (exact) mass is 233 g/mol. The van der Waals surface area contributed by atoms with Gasteiger partial charge in [0.1, 0.15) is 0 Å². The van der Waals surface area contributed by atoms with Gasteiger partial charge in [0.05, 0.1) is 13.7 Å². The molecule has 0 saturated heterocycles. The molecule has 50 valence electrons. The van der Waals surface area contributed by atoms with Gasteiger partial charge in [0.25, 0.3) is 0 Å². The van der Waals surface area contributed by atoms with E-state index in [1.165, 1.54) is 0 Å². The molecule has 0 fully saturated rings. The van der Waals surface area contributed by atoms with Gasteiger partial charge in [-0.2, -0.15) is 0 Å². The fourth-order valence-corrected chi connectivity index (χ4v) is 0.520. The SMILES string of the molecule is CF.CNCC(=O)I. The van der Waals surface area contributed by atoms with Gasteiger partial charge < -0.3 is 5.32 Å². The molecule has 0 aromatic carbocycles. The first-order valence-electron chi connectivity index (χ1n) is 1.98. The molecule has 1 N–H and O–H groups in total. The first-order valence-corrected chi connectivity index (χ1v) is 3.06. The van der Waals surface area contributed by atoms with E-state index in [1.807, 2.05) is 0 Å². The van der Waals surface area contributed by atoms with Crippen molar-refractivity contribution in [2.45, 2.75) is 0 Å². The summed E-state index contributed by atoms with van der Waals surface area (Å²) in [5, 5.41) is 2.71. The van der Waals surface area contributed by atoms with Crippen LogP contribution >= 0.6 is 22.6 Å². The normalized spacial score (nSPS) is 7.00. The Morgan fingerprint density at radius 1 is 1.75 bits per heavy atom. The average molecular weight is 233 g/mol. The maximum atomic E-state index is 9.97. The molecule has 0 aliphatic heterocycles. The van der Waals surface area contributed by atoms with Crippen LogP contribution in [-0.4, -0.2) is 24.6 Å². The topological polar surface area (TPSA) is 29.1 Å². The van der Waals surface area contributed by atoms with Gasteiger partial charge >= 0.3 is 0 Å². The number of hydrogen-bond acceptors (Lipinski definition) is 2. The summed E-state index contributed by atoms with van der Waals surface area (Å²) < 4.78 is 9.65. The highest BCUT2D eigenvalue weighted by atomic mass is 127. The van der Waals surface area contributed by atoms with E-state index in [4.69, 9.17) is 0 Å². The largest absolute Gasteiger partial charge is 0.312 e. The molecule has 0 aliphatic carbocycles. The van der Waals surface area contributed by atoms with Crippen LogP contribution in [0, 0.1) is 0 Å². The van der Waals surface area contributed by atoms with Crippen molar-refractivity contribution in [2.24, 2.45) is 0 Å². The molecule has 0 aromatic heterocycles. The Balaban J connectivity index is 0. The highest BCUT2D eigenvalue weighted by Crippen LogP contribution is 1.78. The number of halogens is 2. The molecule has 0 aliphatic rings.